The minimum absolute atomic E-state index is 0.0820. The smallest absolute Gasteiger partial charge is 0.472 e. The number of hydrogen-bond acceptors (Lipinski definition) is 8. The summed E-state index contributed by atoms with van der Waals surface area (Å²) in [5.41, 5.74) is 4.73. The van der Waals surface area contributed by atoms with Crippen LogP contribution in [0.1, 0.15) is 17.1 Å². The van der Waals surface area contributed by atoms with Crippen molar-refractivity contribution in [1.82, 2.24) is 19.5 Å². The Labute approximate surface area is 195 Å². The summed E-state index contributed by atoms with van der Waals surface area (Å²) in [5, 5.41) is 0. The first kappa shape index (κ1) is 25.0. The minimum atomic E-state index is -5.28. The molecule has 0 saturated carbocycles. The molecule has 180 valence electrons. The Bertz CT molecular complexity index is 1270. The van der Waals surface area contributed by atoms with Crippen LogP contribution in [0.5, 0.6) is 5.88 Å². The van der Waals surface area contributed by atoms with E-state index in [0.29, 0.717) is 6.07 Å². The number of esters is 1. The van der Waals surface area contributed by atoms with Crippen LogP contribution in [0.3, 0.4) is 0 Å². The second-order valence-corrected chi connectivity index (χ2v) is 7.36. The van der Waals surface area contributed by atoms with Gasteiger partial charge in [-0.3, -0.25) is 14.3 Å². The molecule has 0 aliphatic heterocycles. The lowest BCUT2D eigenvalue weighted by molar-refractivity contribution is -0.201. The van der Waals surface area contributed by atoms with Gasteiger partial charge in [-0.25, -0.2) is 18.6 Å². The van der Waals surface area contributed by atoms with Gasteiger partial charge in [0.05, 0.1) is 24.6 Å². The fourth-order valence-corrected chi connectivity index (χ4v) is 2.95. The highest BCUT2D eigenvalue weighted by Crippen LogP contribution is 2.23. The number of carbonyl (C=O) groups excluding carboxylic acids is 1. The predicted molar refractivity (Wildman–Crippen MR) is 108 cm³/mol. The number of nitrogens with zero attached hydrogens (tertiary/aromatic N) is 4. The summed E-state index contributed by atoms with van der Waals surface area (Å²) in [6.45, 7) is -1.86. The van der Waals surface area contributed by atoms with E-state index in [1.54, 1.807) is 0 Å². The maximum absolute atomic E-state index is 13.9. The molecule has 2 heterocycles. The summed E-state index contributed by atoms with van der Waals surface area (Å²) in [4.78, 5) is 35.7. The van der Waals surface area contributed by atoms with Crippen molar-refractivity contribution in [2.45, 2.75) is 25.9 Å². The van der Waals surface area contributed by atoms with Crippen molar-refractivity contribution in [3.63, 3.8) is 0 Å². The summed E-state index contributed by atoms with van der Waals surface area (Å²) >= 11 is 2.99. The zero-order chi connectivity index (χ0) is 25.0. The van der Waals surface area contributed by atoms with Gasteiger partial charge in [0.25, 0.3) is 5.56 Å². The van der Waals surface area contributed by atoms with Crippen LogP contribution in [-0.2, 0) is 29.3 Å². The zero-order valence-electron chi connectivity index (χ0n) is 16.8. The van der Waals surface area contributed by atoms with Gasteiger partial charge in [0, 0.05) is 11.6 Å². The fraction of sp³-hybridized carbons (Fsp3) is 0.211. The molecule has 3 aromatic rings. The Morgan fingerprint density at radius 3 is 2.50 bits per heavy atom. The lowest BCUT2D eigenvalue weighted by atomic mass is 10.2. The summed E-state index contributed by atoms with van der Waals surface area (Å²) in [7, 11) is 0. The van der Waals surface area contributed by atoms with Crippen molar-refractivity contribution in [2.24, 2.45) is 0 Å². The Balaban J connectivity index is 1.95. The van der Waals surface area contributed by atoms with Gasteiger partial charge in [0.15, 0.2) is 5.82 Å². The molecule has 3 rings (SSSR count). The van der Waals surface area contributed by atoms with Crippen LogP contribution in [0, 0.1) is 11.6 Å². The molecule has 0 unspecified atom stereocenters. The van der Waals surface area contributed by atoms with E-state index in [4.69, 9.17) is 10.5 Å². The van der Waals surface area contributed by atoms with Gasteiger partial charge in [-0.15, -0.1) is 0 Å². The molecule has 0 radical (unpaired) electrons. The summed E-state index contributed by atoms with van der Waals surface area (Å²) < 4.78 is 74.7. The van der Waals surface area contributed by atoms with Crippen LogP contribution in [0.25, 0.3) is 0 Å². The van der Waals surface area contributed by atoms with Crippen molar-refractivity contribution in [3.8, 4) is 5.88 Å². The SMILES string of the molecule is Nc1cnc(Cn2c(COC(=O)C(F)(F)F)nc(OCc3ccc(F)cc3F)c(Br)c2=O)cn1. The Morgan fingerprint density at radius 2 is 1.88 bits per heavy atom. The van der Waals surface area contributed by atoms with Crippen molar-refractivity contribution >= 4 is 27.7 Å². The summed E-state index contributed by atoms with van der Waals surface area (Å²) in [5.74, 6) is -5.01. The molecular weight excluding hydrogens is 537 g/mol. The second-order valence-electron chi connectivity index (χ2n) is 6.57. The zero-order valence-corrected chi connectivity index (χ0v) is 18.4. The summed E-state index contributed by atoms with van der Waals surface area (Å²) in [6.07, 6.45) is -2.85. The quantitative estimate of drug-likeness (QED) is 0.352. The van der Waals surface area contributed by atoms with E-state index in [1.165, 1.54) is 12.4 Å². The molecular formula is C19H13BrF5N5O4. The van der Waals surface area contributed by atoms with Crippen LogP contribution < -0.4 is 16.0 Å². The lowest BCUT2D eigenvalue weighted by Crippen LogP contribution is -2.30. The Hall–Kier alpha value is -3.62. The predicted octanol–water partition coefficient (Wildman–Crippen LogP) is 2.89. The van der Waals surface area contributed by atoms with Gasteiger partial charge in [-0.1, -0.05) is 0 Å². The highest BCUT2D eigenvalue weighted by Gasteiger charge is 2.41. The van der Waals surface area contributed by atoms with Crippen molar-refractivity contribution in [2.75, 3.05) is 5.73 Å². The highest BCUT2D eigenvalue weighted by molar-refractivity contribution is 9.10. The van der Waals surface area contributed by atoms with Crippen LogP contribution >= 0.6 is 15.9 Å². The molecule has 0 bridgehead atoms. The first-order valence-corrected chi connectivity index (χ1v) is 9.91. The molecule has 1 aromatic carbocycles. The molecule has 0 atom stereocenters. The molecule has 0 saturated heterocycles. The third-order valence-electron chi connectivity index (χ3n) is 4.15. The topological polar surface area (TPSA) is 122 Å². The van der Waals surface area contributed by atoms with Gasteiger partial charge >= 0.3 is 12.1 Å². The van der Waals surface area contributed by atoms with Crippen LogP contribution in [0.2, 0.25) is 0 Å². The number of carbonyl (C=O) groups is 1. The number of alkyl halides is 3. The van der Waals surface area contributed by atoms with Crippen LogP contribution in [-0.4, -0.2) is 31.7 Å². The molecule has 0 aliphatic rings. The number of benzene rings is 1. The molecule has 9 nitrogen and oxygen atoms in total. The molecule has 0 amide bonds. The van der Waals surface area contributed by atoms with Gasteiger partial charge in [0.2, 0.25) is 5.88 Å². The van der Waals surface area contributed by atoms with Gasteiger partial charge in [-0.05, 0) is 28.1 Å². The molecule has 2 aromatic heterocycles. The maximum atomic E-state index is 13.9. The molecule has 15 heteroatoms. The molecule has 2 N–H and O–H groups in total. The number of ether oxygens (including phenoxy) is 2. The highest BCUT2D eigenvalue weighted by atomic mass is 79.9. The van der Waals surface area contributed by atoms with E-state index in [1.807, 2.05) is 0 Å². The standard InChI is InChI=1S/C19H13BrF5N5O4/c20-15-16(33-7-9-1-2-10(21)3-12(9)22)29-14(8-34-18(32)19(23,24)25)30(17(15)31)6-11-4-28-13(26)5-27-11/h1-5H,6-8H2,(H2,26,28). The molecule has 34 heavy (non-hydrogen) atoms. The van der Waals surface area contributed by atoms with Crippen molar-refractivity contribution in [1.29, 1.82) is 0 Å². The molecule has 0 spiro atoms. The van der Waals surface area contributed by atoms with Crippen molar-refractivity contribution in [3.05, 3.63) is 74.1 Å². The molecule has 0 fully saturated rings. The number of nitrogens with two attached hydrogens (primary N) is 1. The second kappa shape index (κ2) is 10.1. The van der Waals surface area contributed by atoms with Crippen molar-refractivity contribution < 1.29 is 36.2 Å². The number of aromatic nitrogens is 4. The summed E-state index contributed by atoms with van der Waals surface area (Å²) in [6, 6.07) is 2.71. The third-order valence-corrected chi connectivity index (χ3v) is 4.83. The average Bonchev–Trinajstić information content (AvgIpc) is 2.77. The number of rotatable bonds is 7. The monoisotopic (exact) mass is 549 g/mol. The van der Waals surface area contributed by atoms with E-state index in [0.717, 1.165) is 16.7 Å². The fourth-order valence-electron chi connectivity index (χ4n) is 2.53. The third kappa shape index (κ3) is 6.03. The average molecular weight is 550 g/mol. The molecule has 0 aliphatic carbocycles. The first-order valence-electron chi connectivity index (χ1n) is 9.12. The number of halogens is 6. The number of nitrogen functional groups attached to an aromatic ring is 1. The van der Waals surface area contributed by atoms with Gasteiger partial charge in [0.1, 0.15) is 35.1 Å². The van der Waals surface area contributed by atoms with Gasteiger partial charge in [-0.2, -0.15) is 18.2 Å². The lowest BCUT2D eigenvalue weighted by Gasteiger charge is -2.16. The van der Waals surface area contributed by atoms with E-state index < -0.39 is 54.3 Å². The van der Waals surface area contributed by atoms with E-state index >= 15 is 0 Å². The van der Waals surface area contributed by atoms with Gasteiger partial charge < -0.3 is 15.2 Å². The number of anilines is 1. The largest absolute Gasteiger partial charge is 0.490 e. The Morgan fingerprint density at radius 1 is 1.15 bits per heavy atom. The van der Waals surface area contributed by atoms with Crippen LogP contribution in [0.4, 0.5) is 27.8 Å². The maximum Gasteiger partial charge on any atom is 0.490 e. The Kier molecular flexibility index (Phi) is 7.44. The first-order chi connectivity index (χ1) is 16.0. The van der Waals surface area contributed by atoms with E-state index in [2.05, 4.69) is 35.6 Å². The number of hydrogen-bond donors (Lipinski definition) is 1. The van der Waals surface area contributed by atoms with E-state index in [9.17, 15) is 31.5 Å². The van der Waals surface area contributed by atoms with Crippen LogP contribution in [0.15, 0.2) is 39.9 Å². The van der Waals surface area contributed by atoms with E-state index in [-0.39, 0.29) is 28.1 Å². The minimum Gasteiger partial charge on any atom is -0.472 e. The normalized spacial score (nSPS) is 11.4.